The van der Waals surface area contributed by atoms with Crippen molar-refractivity contribution in [2.24, 2.45) is 0 Å². The predicted molar refractivity (Wildman–Crippen MR) is 103 cm³/mol. The van der Waals surface area contributed by atoms with Crippen LogP contribution in [0.25, 0.3) is 5.57 Å². The Morgan fingerprint density at radius 2 is 1.50 bits per heavy atom. The zero-order valence-electron chi connectivity index (χ0n) is 13.4. The summed E-state index contributed by atoms with van der Waals surface area (Å²) in [6.07, 6.45) is 0. The van der Waals surface area contributed by atoms with Crippen LogP contribution in [0, 0.1) is 0 Å². The number of hydrogen-bond acceptors (Lipinski definition) is 4. The lowest BCUT2D eigenvalue weighted by atomic mass is 10.2. The van der Waals surface area contributed by atoms with Crippen LogP contribution < -0.4 is 9.64 Å². The van der Waals surface area contributed by atoms with Crippen molar-refractivity contribution in [2.45, 2.75) is 0 Å². The van der Waals surface area contributed by atoms with E-state index in [0.29, 0.717) is 22.1 Å². The molecule has 0 atom stereocenters. The second-order valence-corrected chi connectivity index (χ2v) is 6.85. The number of anilines is 1. The molecule has 0 N–H and O–H groups in total. The van der Waals surface area contributed by atoms with Crippen LogP contribution in [0.2, 0.25) is 0 Å². The van der Waals surface area contributed by atoms with Crippen molar-refractivity contribution < 1.29 is 14.3 Å². The van der Waals surface area contributed by atoms with Gasteiger partial charge in [0.2, 0.25) is 0 Å². The number of ether oxygens (including phenoxy) is 1. The Kier molecular flexibility index (Phi) is 4.32. The summed E-state index contributed by atoms with van der Waals surface area (Å²) < 4.78 is 5.73. The van der Waals surface area contributed by atoms with Gasteiger partial charge in [0.05, 0.1) is 11.3 Å². The van der Waals surface area contributed by atoms with Crippen LogP contribution in [0.5, 0.6) is 11.5 Å². The van der Waals surface area contributed by atoms with Gasteiger partial charge in [0.1, 0.15) is 16.5 Å². The van der Waals surface area contributed by atoms with Crippen molar-refractivity contribution in [3.8, 4) is 11.5 Å². The smallest absolute Gasteiger partial charge is 0.277 e. The van der Waals surface area contributed by atoms with Gasteiger partial charge in [-0.25, -0.2) is 4.90 Å². The first kappa shape index (κ1) is 16.6. The number of carbonyl (C=O) groups excluding carboxylic acids is 2. The third-order valence-corrected chi connectivity index (χ3v) is 5.11. The standard InChI is InChI=1S/C20H12ClNO3S/c21-18-17(16-7-4-12-26-16)19(23)22(20(18)24)13-8-10-15(11-9-13)25-14-5-2-1-3-6-14/h1-12H. The van der Waals surface area contributed by atoms with E-state index in [4.69, 9.17) is 16.3 Å². The molecule has 0 saturated carbocycles. The fourth-order valence-electron chi connectivity index (χ4n) is 2.66. The normalized spacial score (nSPS) is 14.3. The molecule has 0 saturated heterocycles. The summed E-state index contributed by atoms with van der Waals surface area (Å²) in [7, 11) is 0. The summed E-state index contributed by atoms with van der Waals surface area (Å²) in [5.41, 5.74) is 0.696. The average Bonchev–Trinajstić information content (AvgIpc) is 3.25. The highest BCUT2D eigenvalue weighted by molar-refractivity contribution is 7.11. The number of carbonyl (C=O) groups is 2. The quantitative estimate of drug-likeness (QED) is 0.593. The molecule has 0 spiro atoms. The number of thiophene rings is 1. The molecule has 0 unspecified atom stereocenters. The molecule has 0 fully saturated rings. The summed E-state index contributed by atoms with van der Waals surface area (Å²) in [5, 5.41) is 1.78. The van der Waals surface area contributed by atoms with Gasteiger partial charge in [-0.2, -0.15) is 0 Å². The van der Waals surface area contributed by atoms with Crippen LogP contribution in [-0.4, -0.2) is 11.8 Å². The Hall–Kier alpha value is -2.89. The molecule has 1 aliphatic rings. The van der Waals surface area contributed by atoms with Gasteiger partial charge in [0.25, 0.3) is 11.8 Å². The molecular formula is C20H12ClNO3S. The molecule has 6 heteroatoms. The molecule has 2 aromatic carbocycles. The van der Waals surface area contributed by atoms with Gasteiger partial charge in [-0.05, 0) is 47.8 Å². The zero-order chi connectivity index (χ0) is 18.1. The van der Waals surface area contributed by atoms with Gasteiger partial charge < -0.3 is 4.74 Å². The molecule has 4 nitrogen and oxygen atoms in total. The Labute approximate surface area is 158 Å². The summed E-state index contributed by atoms with van der Waals surface area (Å²) in [6.45, 7) is 0. The highest BCUT2D eigenvalue weighted by Gasteiger charge is 2.39. The third-order valence-electron chi connectivity index (χ3n) is 3.87. The number of halogens is 1. The van der Waals surface area contributed by atoms with Crippen LogP contribution in [0.15, 0.2) is 77.1 Å². The number of imide groups is 1. The fraction of sp³-hybridized carbons (Fsp3) is 0. The minimum Gasteiger partial charge on any atom is -0.457 e. The molecule has 0 radical (unpaired) electrons. The van der Waals surface area contributed by atoms with Gasteiger partial charge in [0, 0.05) is 4.88 Å². The van der Waals surface area contributed by atoms with Gasteiger partial charge in [0.15, 0.2) is 0 Å². The Morgan fingerprint density at radius 1 is 0.808 bits per heavy atom. The molecule has 1 aromatic heterocycles. The number of benzene rings is 2. The molecule has 3 aromatic rings. The largest absolute Gasteiger partial charge is 0.457 e. The maximum atomic E-state index is 12.7. The van der Waals surface area contributed by atoms with Crippen molar-refractivity contribution in [3.05, 3.63) is 82.0 Å². The second kappa shape index (κ2) is 6.78. The average molecular weight is 382 g/mol. The molecular weight excluding hydrogens is 370 g/mol. The lowest BCUT2D eigenvalue weighted by Gasteiger charge is -2.15. The number of nitrogens with zero attached hydrogens (tertiary/aromatic N) is 1. The fourth-order valence-corrected chi connectivity index (χ4v) is 3.75. The molecule has 4 rings (SSSR count). The van der Waals surface area contributed by atoms with Crippen molar-refractivity contribution in [1.29, 1.82) is 0 Å². The summed E-state index contributed by atoms with van der Waals surface area (Å²) in [5.74, 6) is 0.380. The highest BCUT2D eigenvalue weighted by atomic mass is 35.5. The van der Waals surface area contributed by atoms with Crippen LogP contribution in [0.4, 0.5) is 5.69 Å². The van der Waals surface area contributed by atoms with Crippen molar-refractivity contribution in [1.82, 2.24) is 0 Å². The minimum absolute atomic E-state index is 0.0536. The lowest BCUT2D eigenvalue weighted by Crippen LogP contribution is -2.30. The number of para-hydroxylation sites is 1. The summed E-state index contributed by atoms with van der Waals surface area (Å²) in [6, 6.07) is 19.7. The van der Waals surface area contributed by atoms with E-state index in [1.165, 1.54) is 11.3 Å². The van der Waals surface area contributed by atoms with E-state index in [1.54, 1.807) is 30.3 Å². The van der Waals surface area contributed by atoms with Crippen LogP contribution in [0.1, 0.15) is 4.88 Å². The molecule has 0 bridgehead atoms. The lowest BCUT2D eigenvalue weighted by molar-refractivity contribution is -0.119. The topological polar surface area (TPSA) is 46.6 Å². The summed E-state index contributed by atoms with van der Waals surface area (Å²) in [4.78, 5) is 27.0. The Balaban J connectivity index is 1.59. The molecule has 2 amide bonds. The van der Waals surface area contributed by atoms with Crippen molar-refractivity contribution >= 4 is 46.0 Å². The first-order valence-corrected chi connectivity index (χ1v) is 9.06. The van der Waals surface area contributed by atoms with Crippen molar-refractivity contribution in [3.63, 3.8) is 0 Å². The molecule has 26 heavy (non-hydrogen) atoms. The van der Waals surface area contributed by atoms with Crippen molar-refractivity contribution in [2.75, 3.05) is 4.90 Å². The Morgan fingerprint density at radius 3 is 2.15 bits per heavy atom. The first-order valence-electron chi connectivity index (χ1n) is 7.80. The number of amides is 2. The third kappa shape index (κ3) is 2.92. The predicted octanol–water partition coefficient (Wildman–Crippen LogP) is 5.06. The van der Waals surface area contributed by atoms with Crippen LogP contribution >= 0.6 is 22.9 Å². The number of rotatable bonds is 4. The van der Waals surface area contributed by atoms with Gasteiger partial charge in [-0.3, -0.25) is 9.59 Å². The van der Waals surface area contributed by atoms with E-state index in [0.717, 1.165) is 4.90 Å². The monoisotopic (exact) mass is 381 g/mol. The van der Waals surface area contributed by atoms with E-state index in [1.807, 2.05) is 41.8 Å². The zero-order valence-corrected chi connectivity index (χ0v) is 15.0. The van der Waals surface area contributed by atoms with Gasteiger partial charge in [-0.1, -0.05) is 35.9 Å². The SMILES string of the molecule is O=C1C(Cl)=C(c2cccs2)C(=O)N1c1ccc(Oc2ccccc2)cc1. The minimum atomic E-state index is -0.517. The highest BCUT2D eigenvalue weighted by Crippen LogP contribution is 2.37. The van der Waals surface area contributed by atoms with Crippen LogP contribution in [0.3, 0.4) is 0 Å². The van der Waals surface area contributed by atoms with Gasteiger partial charge in [-0.15, -0.1) is 11.3 Å². The molecule has 1 aliphatic heterocycles. The maximum absolute atomic E-state index is 12.7. The molecule has 2 heterocycles. The Bertz CT molecular complexity index is 995. The molecule has 0 aliphatic carbocycles. The van der Waals surface area contributed by atoms with Gasteiger partial charge >= 0.3 is 0 Å². The summed E-state index contributed by atoms with van der Waals surface area (Å²) >= 11 is 7.52. The van der Waals surface area contributed by atoms with Crippen LogP contribution in [-0.2, 0) is 9.59 Å². The van der Waals surface area contributed by atoms with E-state index >= 15 is 0 Å². The maximum Gasteiger partial charge on any atom is 0.277 e. The molecule has 128 valence electrons. The van der Waals surface area contributed by atoms with E-state index in [9.17, 15) is 9.59 Å². The number of hydrogen-bond donors (Lipinski definition) is 0. The second-order valence-electron chi connectivity index (χ2n) is 5.52. The van der Waals surface area contributed by atoms with E-state index < -0.39 is 11.8 Å². The van der Waals surface area contributed by atoms with E-state index in [2.05, 4.69) is 0 Å². The first-order chi connectivity index (χ1) is 12.6. The van der Waals surface area contributed by atoms with E-state index in [-0.39, 0.29) is 10.6 Å².